The Hall–Kier alpha value is -3.18. The second-order valence-corrected chi connectivity index (χ2v) is 9.64. The highest BCUT2D eigenvalue weighted by Crippen LogP contribution is 2.42. The molecule has 3 N–H and O–H groups in total. The predicted octanol–water partition coefficient (Wildman–Crippen LogP) is 7.15. The lowest BCUT2D eigenvalue weighted by molar-refractivity contribution is 0.00578. The second-order valence-electron chi connectivity index (χ2n) is 9.64. The third-order valence-electron chi connectivity index (χ3n) is 6.95. The Labute approximate surface area is 203 Å². The molecule has 0 aliphatic carbocycles. The molecular formula is C30H32BNO2. The fraction of sp³-hybridized carbons (Fsp3) is 0.200. The van der Waals surface area contributed by atoms with E-state index < -0.39 is 18.3 Å². The van der Waals surface area contributed by atoms with Gasteiger partial charge in [0.2, 0.25) is 0 Å². The molecule has 0 atom stereocenters. The second kappa shape index (κ2) is 9.23. The van der Waals surface area contributed by atoms with Crippen LogP contribution in [0.15, 0.2) is 103 Å². The Morgan fingerprint density at radius 1 is 0.500 bits per heavy atom. The third-order valence-corrected chi connectivity index (χ3v) is 6.95. The van der Waals surface area contributed by atoms with Gasteiger partial charge in [0.05, 0.1) is 11.2 Å². The van der Waals surface area contributed by atoms with Gasteiger partial charge in [-0.2, -0.15) is 0 Å². The van der Waals surface area contributed by atoms with Gasteiger partial charge in [-0.05, 0) is 66.5 Å². The van der Waals surface area contributed by atoms with E-state index in [0.29, 0.717) is 0 Å². The molecule has 0 spiro atoms. The summed E-state index contributed by atoms with van der Waals surface area (Å²) in [7, 11) is -0.447. The minimum Gasteiger partial charge on any atom is -0.399 e. The van der Waals surface area contributed by atoms with Gasteiger partial charge < -0.3 is 15.5 Å². The smallest absolute Gasteiger partial charge is 0.399 e. The molecule has 1 aliphatic rings. The molecule has 1 fully saturated rings. The van der Waals surface area contributed by atoms with Gasteiger partial charge >= 0.3 is 7.12 Å². The van der Waals surface area contributed by atoms with Crippen LogP contribution in [-0.2, 0) is 9.31 Å². The van der Waals surface area contributed by atoms with Crippen molar-refractivity contribution in [3.8, 4) is 33.4 Å². The summed E-state index contributed by atoms with van der Waals surface area (Å²) >= 11 is 0. The summed E-state index contributed by atoms with van der Waals surface area (Å²) in [6, 6.07) is 36.2. The highest BCUT2D eigenvalue weighted by atomic mass is 16.7. The first-order valence-electron chi connectivity index (χ1n) is 11.6. The van der Waals surface area contributed by atoms with Crippen LogP contribution in [0.25, 0.3) is 33.4 Å². The molecule has 0 saturated carbocycles. The summed E-state index contributed by atoms with van der Waals surface area (Å²) in [5, 5.41) is 0. The van der Waals surface area contributed by atoms with Gasteiger partial charge in [-0.3, -0.25) is 0 Å². The van der Waals surface area contributed by atoms with Crippen molar-refractivity contribution in [2.75, 3.05) is 0 Å². The van der Waals surface area contributed by atoms with Gasteiger partial charge in [0.25, 0.3) is 0 Å². The molecule has 0 aromatic heterocycles. The molecule has 0 unspecified atom stereocenters. The largest absolute Gasteiger partial charge is 0.495 e. The molecular weight excluding hydrogens is 417 g/mol. The molecule has 1 aliphatic heterocycles. The van der Waals surface area contributed by atoms with E-state index in [1.165, 1.54) is 22.3 Å². The quantitative estimate of drug-likeness (QED) is 0.337. The van der Waals surface area contributed by atoms with Crippen LogP contribution in [0.3, 0.4) is 0 Å². The fourth-order valence-electron chi connectivity index (χ4n) is 4.46. The zero-order valence-electron chi connectivity index (χ0n) is 20.4. The lowest BCUT2D eigenvalue weighted by Gasteiger charge is -2.32. The van der Waals surface area contributed by atoms with Gasteiger partial charge in [-0.15, -0.1) is 0 Å². The van der Waals surface area contributed by atoms with E-state index in [-0.39, 0.29) is 6.15 Å². The Balaban J connectivity index is 0.00000274. The number of benzene rings is 4. The number of hydrogen-bond donors (Lipinski definition) is 1. The summed E-state index contributed by atoms with van der Waals surface area (Å²) in [4.78, 5) is 0. The van der Waals surface area contributed by atoms with Crippen molar-refractivity contribution in [2.24, 2.45) is 0 Å². The maximum Gasteiger partial charge on any atom is 0.495 e. The Bertz CT molecular complexity index is 1240. The molecule has 4 aromatic carbocycles. The van der Waals surface area contributed by atoms with Crippen molar-refractivity contribution in [2.45, 2.75) is 38.9 Å². The first-order chi connectivity index (χ1) is 15.9. The topological polar surface area (TPSA) is 53.5 Å². The molecule has 172 valence electrons. The molecule has 1 saturated heterocycles. The normalized spacial score (nSPS) is 16.2. The maximum absolute atomic E-state index is 6.53. The predicted molar refractivity (Wildman–Crippen MR) is 143 cm³/mol. The molecule has 0 radical (unpaired) electrons. The van der Waals surface area contributed by atoms with E-state index in [2.05, 4.69) is 131 Å². The molecule has 4 heteroatoms. The standard InChI is InChI=1S/C30H29BO2.H3N/c1-29(2)30(3,4)33-31(32-29)26-21-20-25(22-14-8-5-9-15-22)27(23-16-10-6-11-17-23)28(26)24-18-12-7-13-19-24;/h5-21H,1-4H3;1H3. The van der Waals surface area contributed by atoms with Crippen molar-refractivity contribution in [3.63, 3.8) is 0 Å². The minimum atomic E-state index is -0.447. The van der Waals surface area contributed by atoms with Gasteiger partial charge in [-0.1, -0.05) is 103 Å². The SMILES string of the molecule is CC1(C)OB(c2ccc(-c3ccccc3)c(-c3ccccc3)c2-c2ccccc2)OC1(C)C.N. The molecule has 1 heterocycles. The molecule has 3 nitrogen and oxygen atoms in total. The summed E-state index contributed by atoms with van der Waals surface area (Å²) in [6.45, 7) is 8.41. The van der Waals surface area contributed by atoms with E-state index in [1.54, 1.807) is 0 Å². The van der Waals surface area contributed by atoms with Crippen LogP contribution < -0.4 is 11.6 Å². The van der Waals surface area contributed by atoms with E-state index in [9.17, 15) is 0 Å². The van der Waals surface area contributed by atoms with Crippen LogP contribution in [0.4, 0.5) is 0 Å². The van der Waals surface area contributed by atoms with Crippen molar-refractivity contribution < 1.29 is 9.31 Å². The average molecular weight is 449 g/mol. The van der Waals surface area contributed by atoms with E-state index in [1.807, 2.05) is 0 Å². The van der Waals surface area contributed by atoms with Crippen molar-refractivity contribution in [3.05, 3.63) is 103 Å². The van der Waals surface area contributed by atoms with Crippen molar-refractivity contribution in [1.82, 2.24) is 6.15 Å². The summed E-state index contributed by atoms with van der Waals surface area (Å²) in [5.41, 5.74) is 7.30. The van der Waals surface area contributed by atoms with Gasteiger partial charge in [0.15, 0.2) is 0 Å². The Morgan fingerprint density at radius 3 is 1.38 bits per heavy atom. The third kappa shape index (κ3) is 4.21. The van der Waals surface area contributed by atoms with E-state index in [0.717, 1.165) is 16.6 Å². The summed E-state index contributed by atoms with van der Waals surface area (Å²) in [6.07, 6.45) is 0. The van der Waals surface area contributed by atoms with Gasteiger partial charge in [0, 0.05) is 0 Å². The summed E-state index contributed by atoms with van der Waals surface area (Å²) in [5.74, 6) is 0. The van der Waals surface area contributed by atoms with Crippen LogP contribution in [0.2, 0.25) is 0 Å². The van der Waals surface area contributed by atoms with Crippen molar-refractivity contribution >= 4 is 12.6 Å². The first kappa shape index (κ1) is 24.0. The van der Waals surface area contributed by atoms with E-state index in [4.69, 9.17) is 9.31 Å². The van der Waals surface area contributed by atoms with Crippen LogP contribution in [-0.4, -0.2) is 18.3 Å². The number of hydrogen-bond acceptors (Lipinski definition) is 3. The number of rotatable bonds is 4. The summed E-state index contributed by atoms with van der Waals surface area (Å²) < 4.78 is 13.1. The molecule has 4 aromatic rings. The van der Waals surface area contributed by atoms with Crippen LogP contribution in [0, 0.1) is 0 Å². The van der Waals surface area contributed by atoms with Crippen LogP contribution in [0.5, 0.6) is 0 Å². The molecule has 34 heavy (non-hydrogen) atoms. The molecule has 0 amide bonds. The van der Waals surface area contributed by atoms with Gasteiger partial charge in [-0.25, -0.2) is 0 Å². The van der Waals surface area contributed by atoms with Gasteiger partial charge in [0.1, 0.15) is 0 Å². The molecule has 0 bridgehead atoms. The van der Waals surface area contributed by atoms with Crippen LogP contribution in [0.1, 0.15) is 27.7 Å². The van der Waals surface area contributed by atoms with Crippen LogP contribution >= 0.6 is 0 Å². The fourth-order valence-corrected chi connectivity index (χ4v) is 4.46. The van der Waals surface area contributed by atoms with Crippen molar-refractivity contribution in [1.29, 1.82) is 0 Å². The zero-order chi connectivity index (χ0) is 23.1. The average Bonchev–Trinajstić information content (AvgIpc) is 3.06. The van der Waals surface area contributed by atoms with E-state index >= 15 is 0 Å². The minimum absolute atomic E-state index is 0. The Kier molecular flexibility index (Phi) is 6.50. The first-order valence-corrected chi connectivity index (χ1v) is 11.6. The lowest BCUT2D eigenvalue weighted by atomic mass is 9.70. The molecule has 5 rings (SSSR count). The zero-order valence-corrected chi connectivity index (χ0v) is 20.4. The lowest BCUT2D eigenvalue weighted by Crippen LogP contribution is -2.41. The highest BCUT2D eigenvalue weighted by Gasteiger charge is 2.52. The highest BCUT2D eigenvalue weighted by molar-refractivity contribution is 6.64. The monoisotopic (exact) mass is 449 g/mol. The maximum atomic E-state index is 6.53. The Morgan fingerprint density at radius 2 is 0.912 bits per heavy atom.